The van der Waals surface area contributed by atoms with Crippen molar-refractivity contribution in [1.29, 1.82) is 0 Å². The second kappa shape index (κ2) is 4.64. The lowest BCUT2D eigenvalue weighted by molar-refractivity contribution is 0.147. The van der Waals surface area contributed by atoms with Crippen LogP contribution in [0, 0.1) is 3.70 Å². The van der Waals surface area contributed by atoms with Crippen molar-refractivity contribution in [2.75, 3.05) is 0 Å². The summed E-state index contributed by atoms with van der Waals surface area (Å²) in [5.41, 5.74) is -0.814. The van der Waals surface area contributed by atoms with Gasteiger partial charge in [0.05, 0.1) is 10.6 Å². The van der Waals surface area contributed by atoms with Gasteiger partial charge >= 0.3 is 0 Å². The van der Waals surface area contributed by atoms with Crippen LogP contribution in [0.4, 0.5) is 8.78 Å². The molecule has 0 spiro atoms. The first-order valence-electron chi connectivity index (χ1n) is 3.32. The first-order chi connectivity index (χ1) is 6.75. The van der Waals surface area contributed by atoms with Crippen LogP contribution in [0.5, 0.6) is 0 Å². The molecule has 0 radical (unpaired) electrons. The quantitative estimate of drug-likeness (QED) is 0.444. The van der Waals surface area contributed by atoms with Crippen LogP contribution < -0.4 is 0 Å². The molecule has 0 saturated heterocycles. The van der Waals surface area contributed by atoms with Gasteiger partial charge in [0.1, 0.15) is 8.60 Å². The van der Waals surface area contributed by atoms with Crippen molar-refractivity contribution in [2.24, 2.45) is 0 Å². The topological polar surface area (TPSA) is 47.0 Å². The molecular weight excluding hydrogens is 386 g/mol. The van der Waals surface area contributed by atoms with Gasteiger partial charge in [-0.2, -0.15) is 0 Å². The summed E-state index contributed by atoms with van der Waals surface area (Å²) >= 11 is 6.93. The van der Waals surface area contributed by atoms with Gasteiger partial charge in [-0.05, 0) is 22.6 Å². The molecule has 0 bridgehead atoms. The normalized spacial score (nSPS) is 12.1. The van der Waals surface area contributed by atoms with Gasteiger partial charge in [-0.15, -0.1) is 0 Å². The third-order valence-electron chi connectivity index (χ3n) is 1.44. The van der Waals surface area contributed by atoms with Crippen LogP contribution in [-0.2, 0) is 9.05 Å². The molecule has 0 aliphatic rings. The van der Waals surface area contributed by atoms with E-state index in [2.05, 4.69) is 4.98 Å². The SMILES string of the molecule is O=S(=O)(Cl)c1c(I)ncc(Cl)c1C(F)F. The van der Waals surface area contributed by atoms with E-state index in [0.717, 1.165) is 6.20 Å². The Bertz CT molecular complexity index is 494. The zero-order chi connectivity index (χ0) is 11.8. The molecule has 1 aromatic heterocycles. The molecule has 1 heterocycles. The molecule has 0 aliphatic carbocycles. The number of alkyl halides is 2. The molecule has 1 rings (SSSR count). The number of nitrogens with zero attached hydrogens (tertiary/aromatic N) is 1. The number of hydrogen-bond donors (Lipinski definition) is 0. The summed E-state index contributed by atoms with van der Waals surface area (Å²) in [6.45, 7) is 0. The lowest BCUT2D eigenvalue weighted by Gasteiger charge is -2.08. The van der Waals surface area contributed by atoms with E-state index in [1.54, 1.807) is 0 Å². The van der Waals surface area contributed by atoms with Gasteiger partial charge in [0, 0.05) is 16.9 Å². The van der Waals surface area contributed by atoms with Crippen LogP contribution in [0.2, 0.25) is 5.02 Å². The highest BCUT2D eigenvalue weighted by Gasteiger charge is 2.28. The summed E-state index contributed by atoms with van der Waals surface area (Å²) < 4.78 is 47.1. The Morgan fingerprint density at radius 3 is 2.33 bits per heavy atom. The van der Waals surface area contributed by atoms with E-state index in [4.69, 9.17) is 22.3 Å². The van der Waals surface area contributed by atoms with Gasteiger partial charge in [-0.3, -0.25) is 0 Å². The summed E-state index contributed by atoms with van der Waals surface area (Å²) in [5, 5.41) is -0.426. The van der Waals surface area contributed by atoms with Crippen molar-refractivity contribution in [3.63, 3.8) is 0 Å². The largest absolute Gasteiger partial charge is 0.266 e. The van der Waals surface area contributed by atoms with Crippen LogP contribution in [0.25, 0.3) is 0 Å². The van der Waals surface area contributed by atoms with Crippen molar-refractivity contribution < 1.29 is 17.2 Å². The molecule has 9 heteroatoms. The fraction of sp³-hybridized carbons (Fsp3) is 0.167. The lowest BCUT2D eigenvalue weighted by Crippen LogP contribution is -2.04. The molecular formula is C6H2Cl2F2INO2S. The highest BCUT2D eigenvalue weighted by atomic mass is 127. The Hall–Kier alpha value is 0.270. The third kappa shape index (κ3) is 2.89. The molecule has 3 nitrogen and oxygen atoms in total. The highest BCUT2D eigenvalue weighted by molar-refractivity contribution is 14.1. The Morgan fingerprint density at radius 1 is 1.47 bits per heavy atom. The maximum atomic E-state index is 12.6. The number of rotatable bonds is 2. The van der Waals surface area contributed by atoms with E-state index in [1.165, 1.54) is 22.6 Å². The summed E-state index contributed by atoms with van der Waals surface area (Å²) in [6, 6.07) is 0. The van der Waals surface area contributed by atoms with E-state index in [0.29, 0.717) is 0 Å². The zero-order valence-corrected chi connectivity index (χ0v) is 11.2. The Labute approximate surface area is 107 Å². The van der Waals surface area contributed by atoms with Crippen LogP contribution >= 0.6 is 44.9 Å². The first-order valence-corrected chi connectivity index (χ1v) is 7.08. The smallest absolute Gasteiger partial charge is 0.247 e. The molecule has 15 heavy (non-hydrogen) atoms. The van der Waals surface area contributed by atoms with Crippen LogP contribution in [-0.4, -0.2) is 13.4 Å². The zero-order valence-electron chi connectivity index (χ0n) is 6.72. The maximum Gasteiger partial charge on any atom is 0.266 e. The van der Waals surface area contributed by atoms with E-state index in [-0.39, 0.29) is 3.70 Å². The molecule has 1 aromatic rings. The summed E-state index contributed by atoms with van der Waals surface area (Å²) in [7, 11) is 0.727. The van der Waals surface area contributed by atoms with Gasteiger partial charge in [-0.1, -0.05) is 11.6 Å². The lowest BCUT2D eigenvalue weighted by atomic mass is 10.3. The van der Waals surface area contributed by atoms with Gasteiger partial charge in [-0.25, -0.2) is 22.2 Å². The van der Waals surface area contributed by atoms with E-state index >= 15 is 0 Å². The Kier molecular flexibility index (Phi) is 4.13. The van der Waals surface area contributed by atoms with Crippen molar-refractivity contribution in [2.45, 2.75) is 11.3 Å². The van der Waals surface area contributed by atoms with E-state index in [9.17, 15) is 17.2 Å². The standard InChI is InChI=1S/C6H2Cl2F2INO2S/c7-2-1-12-6(11)4(15(8,13)14)3(2)5(9)10/h1,5H. The van der Waals surface area contributed by atoms with Crippen molar-refractivity contribution in [3.8, 4) is 0 Å². The summed E-state index contributed by atoms with van der Waals surface area (Å²) in [5.74, 6) is 0. The molecule has 0 aliphatic heterocycles. The van der Waals surface area contributed by atoms with Gasteiger partial charge in [0.25, 0.3) is 15.5 Å². The summed E-state index contributed by atoms with van der Waals surface area (Å²) in [4.78, 5) is 2.82. The molecule has 0 unspecified atom stereocenters. The predicted molar refractivity (Wildman–Crippen MR) is 60.0 cm³/mol. The minimum atomic E-state index is -4.29. The fourth-order valence-corrected chi connectivity index (χ4v) is 4.05. The van der Waals surface area contributed by atoms with E-state index in [1.807, 2.05) is 0 Å². The Balaban J connectivity index is 3.68. The minimum absolute atomic E-state index is 0.137. The van der Waals surface area contributed by atoms with Crippen molar-refractivity contribution in [3.05, 3.63) is 20.5 Å². The third-order valence-corrected chi connectivity index (χ3v) is 4.29. The molecule has 0 amide bonds. The number of aromatic nitrogens is 1. The molecule has 0 atom stereocenters. The van der Waals surface area contributed by atoms with Crippen LogP contribution in [0.3, 0.4) is 0 Å². The van der Waals surface area contributed by atoms with Crippen molar-refractivity contribution in [1.82, 2.24) is 4.98 Å². The predicted octanol–water partition coefficient (Wildman–Crippen LogP) is 3.20. The molecule has 0 fully saturated rings. The van der Waals surface area contributed by atoms with Gasteiger partial charge in [0.2, 0.25) is 0 Å². The summed E-state index contributed by atoms with van der Waals surface area (Å²) in [6.07, 6.45) is -2.08. The maximum absolute atomic E-state index is 12.6. The fourth-order valence-electron chi connectivity index (χ4n) is 0.896. The van der Waals surface area contributed by atoms with Crippen molar-refractivity contribution >= 4 is 53.9 Å². The number of hydrogen-bond acceptors (Lipinski definition) is 3. The number of pyridine rings is 1. The van der Waals surface area contributed by atoms with Gasteiger partial charge < -0.3 is 0 Å². The van der Waals surface area contributed by atoms with Crippen LogP contribution in [0.1, 0.15) is 12.0 Å². The number of halogens is 5. The molecule has 0 N–H and O–H groups in total. The first kappa shape index (κ1) is 13.3. The van der Waals surface area contributed by atoms with Gasteiger partial charge in [0.15, 0.2) is 0 Å². The molecule has 84 valence electrons. The van der Waals surface area contributed by atoms with Crippen LogP contribution in [0.15, 0.2) is 11.1 Å². The van der Waals surface area contributed by atoms with E-state index < -0.39 is 31.0 Å². The molecule has 0 aromatic carbocycles. The molecule has 0 saturated carbocycles. The monoisotopic (exact) mass is 387 g/mol. The average molecular weight is 388 g/mol. The second-order valence-electron chi connectivity index (χ2n) is 2.38. The highest BCUT2D eigenvalue weighted by Crippen LogP contribution is 2.36. The minimum Gasteiger partial charge on any atom is -0.247 e. The average Bonchev–Trinajstić information content (AvgIpc) is 2.05. The Morgan fingerprint density at radius 2 is 2.00 bits per heavy atom. The second-order valence-corrected chi connectivity index (χ2v) is 6.31.